The number of pyridine rings is 1. The van der Waals surface area contributed by atoms with Gasteiger partial charge in [-0.2, -0.15) is 0 Å². The van der Waals surface area contributed by atoms with Crippen molar-refractivity contribution in [3.63, 3.8) is 0 Å². The molecule has 0 amide bonds. The molecule has 0 aliphatic carbocycles. The Balaban J connectivity index is 2.93. The third kappa shape index (κ3) is 1.17. The SMILES string of the molecule is Cc1c(Br)ccn2c(I)cnc12. The largest absolute Gasteiger partial charge is 0.295 e. The van der Waals surface area contributed by atoms with Crippen molar-refractivity contribution in [3.8, 4) is 0 Å². The average Bonchev–Trinajstić information content (AvgIpc) is 2.41. The van der Waals surface area contributed by atoms with Gasteiger partial charge in [-0.05, 0) is 35.6 Å². The van der Waals surface area contributed by atoms with E-state index in [0.29, 0.717) is 0 Å². The predicted molar refractivity (Wildman–Crippen MR) is 60.3 cm³/mol. The number of imidazole rings is 1. The molecule has 62 valence electrons. The molecule has 0 spiro atoms. The Morgan fingerprint density at radius 3 is 3.08 bits per heavy atom. The van der Waals surface area contributed by atoms with Gasteiger partial charge in [-0.25, -0.2) is 4.98 Å². The Bertz CT molecular complexity index is 436. The van der Waals surface area contributed by atoms with Crippen LogP contribution in [0, 0.1) is 10.6 Å². The molecule has 0 bridgehead atoms. The Morgan fingerprint density at radius 2 is 2.33 bits per heavy atom. The van der Waals surface area contributed by atoms with Gasteiger partial charge in [0.1, 0.15) is 9.35 Å². The molecule has 2 nitrogen and oxygen atoms in total. The molecule has 4 heteroatoms. The van der Waals surface area contributed by atoms with Gasteiger partial charge in [0.25, 0.3) is 0 Å². The van der Waals surface area contributed by atoms with Crippen molar-refractivity contribution in [2.24, 2.45) is 0 Å². The molecular formula is C8H6BrIN2. The Hall–Kier alpha value is -0.100. The number of halogens is 2. The maximum atomic E-state index is 4.30. The first kappa shape index (κ1) is 8.50. The zero-order chi connectivity index (χ0) is 8.72. The fourth-order valence-electron chi connectivity index (χ4n) is 1.13. The van der Waals surface area contributed by atoms with Crippen LogP contribution in [0.5, 0.6) is 0 Å². The van der Waals surface area contributed by atoms with Crippen LogP contribution in [0.3, 0.4) is 0 Å². The van der Waals surface area contributed by atoms with Crippen LogP contribution < -0.4 is 0 Å². The standard InChI is InChI=1S/C8H6BrIN2/c1-5-6(9)2-3-12-7(10)4-11-8(5)12/h2-4H,1H3. The van der Waals surface area contributed by atoms with Crippen molar-refractivity contribution >= 4 is 44.2 Å². The smallest absolute Gasteiger partial charge is 0.141 e. The first-order valence-electron chi connectivity index (χ1n) is 3.48. The number of rotatable bonds is 0. The maximum absolute atomic E-state index is 4.30. The Morgan fingerprint density at radius 1 is 1.58 bits per heavy atom. The summed E-state index contributed by atoms with van der Waals surface area (Å²) in [4.78, 5) is 4.30. The van der Waals surface area contributed by atoms with E-state index in [-0.39, 0.29) is 0 Å². The summed E-state index contributed by atoms with van der Waals surface area (Å²) in [6.07, 6.45) is 3.89. The average molecular weight is 337 g/mol. The molecule has 2 aromatic rings. The third-order valence-electron chi connectivity index (χ3n) is 1.82. The lowest BCUT2D eigenvalue weighted by Gasteiger charge is -2.00. The molecule has 0 radical (unpaired) electrons. The summed E-state index contributed by atoms with van der Waals surface area (Å²) >= 11 is 5.74. The summed E-state index contributed by atoms with van der Waals surface area (Å²) in [5.74, 6) is 0. The highest BCUT2D eigenvalue weighted by molar-refractivity contribution is 14.1. The molecule has 0 saturated carbocycles. The number of aromatic nitrogens is 2. The van der Waals surface area contributed by atoms with E-state index in [0.717, 1.165) is 13.8 Å². The first-order chi connectivity index (χ1) is 5.70. The molecule has 0 unspecified atom stereocenters. The van der Waals surface area contributed by atoms with Crippen LogP contribution in [0.2, 0.25) is 0 Å². The number of hydrogen-bond acceptors (Lipinski definition) is 1. The summed E-state index contributed by atoms with van der Waals surface area (Å²) in [5, 5.41) is 0. The van der Waals surface area contributed by atoms with E-state index in [4.69, 9.17) is 0 Å². The first-order valence-corrected chi connectivity index (χ1v) is 5.35. The second kappa shape index (κ2) is 2.99. The molecule has 2 aromatic heterocycles. The van der Waals surface area contributed by atoms with Crippen molar-refractivity contribution in [2.75, 3.05) is 0 Å². The minimum atomic E-state index is 1.02. The molecule has 0 aromatic carbocycles. The second-order valence-electron chi connectivity index (χ2n) is 2.56. The van der Waals surface area contributed by atoms with E-state index in [2.05, 4.69) is 54.8 Å². The van der Waals surface area contributed by atoms with Crippen LogP contribution >= 0.6 is 38.5 Å². The second-order valence-corrected chi connectivity index (χ2v) is 4.52. The number of nitrogens with zero attached hydrogens (tertiary/aromatic N) is 2. The zero-order valence-corrected chi connectivity index (χ0v) is 10.1. The van der Waals surface area contributed by atoms with Gasteiger partial charge in [-0.15, -0.1) is 0 Å². The number of hydrogen-bond donors (Lipinski definition) is 0. The molecule has 12 heavy (non-hydrogen) atoms. The molecule has 0 aliphatic heterocycles. The minimum Gasteiger partial charge on any atom is -0.295 e. The molecule has 0 aliphatic rings. The molecule has 2 rings (SSSR count). The normalized spacial score (nSPS) is 10.9. The lowest BCUT2D eigenvalue weighted by atomic mass is 10.3. The zero-order valence-electron chi connectivity index (χ0n) is 6.38. The highest BCUT2D eigenvalue weighted by atomic mass is 127. The summed E-state index contributed by atoms with van der Waals surface area (Å²) in [6, 6.07) is 2.03. The highest BCUT2D eigenvalue weighted by Gasteiger charge is 2.04. The van der Waals surface area contributed by atoms with Crippen molar-refractivity contribution in [3.05, 3.63) is 32.2 Å². The molecule has 0 N–H and O–H groups in total. The van der Waals surface area contributed by atoms with Gasteiger partial charge in [-0.1, -0.05) is 15.9 Å². The summed E-state index contributed by atoms with van der Waals surface area (Å²) in [7, 11) is 0. The highest BCUT2D eigenvalue weighted by Crippen LogP contribution is 2.20. The van der Waals surface area contributed by atoms with Crippen molar-refractivity contribution < 1.29 is 0 Å². The third-order valence-corrected chi connectivity index (χ3v) is 3.47. The summed E-state index contributed by atoms with van der Waals surface area (Å²) in [5.41, 5.74) is 2.20. The molecule has 0 fully saturated rings. The van der Waals surface area contributed by atoms with Crippen LogP contribution in [0.1, 0.15) is 5.56 Å². The van der Waals surface area contributed by atoms with Crippen molar-refractivity contribution in [2.45, 2.75) is 6.92 Å². The van der Waals surface area contributed by atoms with Crippen LogP contribution in [-0.4, -0.2) is 9.38 Å². The fraction of sp³-hybridized carbons (Fsp3) is 0.125. The van der Waals surface area contributed by atoms with E-state index in [1.54, 1.807) is 0 Å². The monoisotopic (exact) mass is 336 g/mol. The minimum absolute atomic E-state index is 1.02. The Labute approximate surface area is 92.3 Å². The van der Waals surface area contributed by atoms with E-state index in [9.17, 15) is 0 Å². The van der Waals surface area contributed by atoms with Crippen molar-refractivity contribution in [1.29, 1.82) is 0 Å². The van der Waals surface area contributed by atoms with Gasteiger partial charge in [0, 0.05) is 16.2 Å². The molecule has 0 saturated heterocycles. The fourth-order valence-corrected chi connectivity index (χ4v) is 1.96. The number of aryl methyl sites for hydroxylation is 1. The Kier molecular flexibility index (Phi) is 2.12. The van der Waals surface area contributed by atoms with E-state index in [1.807, 2.05) is 18.5 Å². The van der Waals surface area contributed by atoms with E-state index >= 15 is 0 Å². The van der Waals surface area contributed by atoms with Gasteiger partial charge >= 0.3 is 0 Å². The lowest BCUT2D eigenvalue weighted by Crippen LogP contribution is -1.89. The van der Waals surface area contributed by atoms with Crippen LogP contribution in [-0.2, 0) is 0 Å². The molecule has 2 heterocycles. The van der Waals surface area contributed by atoms with Crippen LogP contribution in [0.25, 0.3) is 5.65 Å². The predicted octanol–water partition coefficient (Wildman–Crippen LogP) is 3.01. The van der Waals surface area contributed by atoms with Gasteiger partial charge in [0.15, 0.2) is 0 Å². The van der Waals surface area contributed by atoms with Gasteiger partial charge < -0.3 is 0 Å². The van der Waals surface area contributed by atoms with Gasteiger partial charge in [0.05, 0.1) is 6.20 Å². The maximum Gasteiger partial charge on any atom is 0.141 e. The molecule has 0 atom stereocenters. The summed E-state index contributed by atoms with van der Waals surface area (Å²) in [6.45, 7) is 2.06. The lowest BCUT2D eigenvalue weighted by molar-refractivity contribution is 1.12. The van der Waals surface area contributed by atoms with Crippen molar-refractivity contribution in [1.82, 2.24) is 9.38 Å². The van der Waals surface area contributed by atoms with Gasteiger partial charge in [-0.3, -0.25) is 4.40 Å². The quantitative estimate of drug-likeness (QED) is 0.676. The topological polar surface area (TPSA) is 17.3 Å². The van der Waals surface area contributed by atoms with E-state index < -0.39 is 0 Å². The van der Waals surface area contributed by atoms with E-state index in [1.165, 1.54) is 5.56 Å². The molecular weight excluding hydrogens is 331 g/mol. The van der Waals surface area contributed by atoms with Crippen LogP contribution in [0.4, 0.5) is 0 Å². The summed E-state index contributed by atoms with van der Waals surface area (Å²) < 4.78 is 4.32. The van der Waals surface area contributed by atoms with Crippen LogP contribution in [0.15, 0.2) is 22.9 Å². The van der Waals surface area contributed by atoms with Gasteiger partial charge in [0.2, 0.25) is 0 Å². The number of fused-ring (bicyclic) bond motifs is 1.